The molecule has 0 aliphatic carbocycles. The molecule has 0 unspecified atom stereocenters. The third kappa shape index (κ3) is 3.33. The minimum absolute atomic E-state index is 0.148. The number of carbonyl (C=O) groups is 1. The molecule has 0 saturated carbocycles. The van der Waals surface area contributed by atoms with Gasteiger partial charge >= 0.3 is 0 Å². The zero-order valence-electron chi connectivity index (χ0n) is 12.9. The quantitative estimate of drug-likeness (QED) is 0.737. The van der Waals surface area contributed by atoms with Crippen molar-refractivity contribution in [3.63, 3.8) is 0 Å². The molecule has 23 heavy (non-hydrogen) atoms. The first kappa shape index (κ1) is 15.8. The van der Waals surface area contributed by atoms with E-state index < -0.39 is 0 Å². The van der Waals surface area contributed by atoms with E-state index in [1.807, 2.05) is 49.4 Å². The number of benzene rings is 2. The molecule has 0 bridgehead atoms. The number of nitrogens with one attached hydrogen (secondary N) is 1. The van der Waals surface area contributed by atoms with Gasteiger partial charge < -0.3 is 10.1 Å². The number of amides is 1. The molecule has 3 nitrogen and oxygen atoms in total. The predicted molar refractivity (Wildman–Crippen MR) is 95.7 cm³/mol. The maximum Gasteiger partial charge on any atom is 0.263 e. The van der Waals surface area contributed by atoms with Gasteiger partial charge in [0.2, 0.25) is 0 Å². The van der Waals surface area contributed by atoms with Crippen LogP contribution in [0.3, 0.4) is 0 Å². The fourth-order valence-corrected chi connectivity index (χ4v) is 3.86. The Morgan fingerprint density at radius 2 is 1.96 bits per heavy atom. The molecule has 0 aliphatic heterocycles. The number of ether oxygens (including phenoxy) is 1. The number of methoxy groups -OCH3 is 1. The van der Waals surface area contributed by atoms with Gasteiger partial charge in [-0.05, 0) is 36.2 Å². The molecule has 0 spiro atoms. The van der Waals surface area contributed by atoms with Crippen LogP contribution < -0.4 is 10.1 Å². The van der Waals surface area contributed by atoms with Gasteiger partial charge in [0, 0.05) is 16.6 Å². The Morgan fingerprint density at radius 3 is 2.65 bits per heavy atom. The molecule has 2 aromatic carbocycles. The molecule has 0 radical (unpaired) electrons. The lowest BCUT2D eigenvalue weighted by atomic mass is 10.2. The van der Waals surface area contributed by atoms with Gasteiger partial charge in [-0.1, -0.05) is 35.9 Å². The van der Waals surface area contributed by atoms with Crippen LogP contribution in [0.25, 0.3) is 10.1 Å². The molecule has 5 heteroatoms. The van der Waals surface area contributed by atoms with E-state index in [-0.39, 0.29) is 5.91 Å². The van der Waals surface area contributed by atoms with Crippen molar-refractivity contribution >= 4 is 38.9 Å². The van der Waals surface area contributed by atoms with Gasteiger partial charge in [0.1, 0.15) is 10.6 Å². The zero-order valence-corrected chi connectivity index (χ0v) is 14.4. The van der Waals surface area contributed by atoms with Gasteiger partial charge in [-0.3, -0.25) is 4.79 Å². The van der Waals surface area contributed by atoms with Crippen molar-refractivity contribution in [1.29, 1.82) is 0 Å². The average molecular weight is 346 g/mol. The third-order valence-electron chi connectivity index (χ3n) is 3.60. The van der Waals surface area contributed by atoms with Gasteiger partial charge in [0.15, 0.2) is 0 Å². The summed E-state index contributed by atoms with van der Waals surface area (Å²) in [6, 6.07) is 13.6. The Kier molecular flexibility index (Phi) is 4.55. The highest BCUT2D eigenvalue weighted by Crippen LogP contribution is 2.35. The van der Waals surface area contributed by atoms with Crippen LogP contribution in [-0.2, 0) is 6.54 Å². The molecule has 1 amide bonds. The normalized spacial score (nSPS) is 10.7. The largest absolute Gasteiger partial charge is 0.497 e. The van der Waals surface area contributed by atoms with E-state index in [0.717, 1.165) is 27.0 Å². The summed E-state index contributed by atoms with van der Waals surface area (Å²) in [5.41, 5.74) is 2.16. The molecule has 118 valence electrons. The monoisotopic (exact) mass is 345 g/mol. The third-order valence-corrected chi connectivity index (χ3v) is 5.26. The molecule has 0 saturated heterocycles. The lowest BCUT2D eigenvalue weighted by molar-refractivity contribution is 0.0955. The molecule has 3 rings (SSSR count). The summed E-state index contributed by atoms with van der Waals surface area (Å²) in [5, 5.41) is 4.37. The highest BCUT2D eigenvalue weighted by atomic mass is 35.5. The van der Waals surface area contributed by atoms with Gasteiger partial charge in [-0.2, -0.15) is 0 Å². The van der Waals surface area contributed by atoms with Crippen LogP contribution in [0.5, 0.6) is 5.75 Å². The van der Waals surface area contributed by atoms with E-state index in [4.69, 9.17) is 16.3 Å². The van der Waals surface area contributed by atoms with Crippen LogP contribution in [0.1, 0.15) is 20.8 Å². The minimum Gasteiger partial charge on any atom is -0.497 e. The molecule has 1 N–H and O–H groups in total. The number of hydrogen-bond donors (Lipinski definition) is 1. The highest BCUT2D eigenvalue weighted by Gasteiger charge is 2.16. The van der Waals surface area contributed by atoms with E-state index in [2.05, 4.69) is 5.32 Å². The number of halogens is 1. The Bertz CT molecular complexity index is 855. The Balaban J connectivity index is 1.76. The number of aryl methyl sites for hydroxylation is 1. The second kappa shape index (κ2) is 6.60. The van der Waals surface area contributed by atoms with Crippen LogP contribution >= 0.6 is 22.9 Å². The van der Waals surface area contributed by atoms with Crippen molar-refractivity contribution in [3.05, 3.63) is 63.5 Å². The fraction of sp³-hybridized carbons (Fsp3) is 0.167. The molecular weight excluding hydrogens is 330 g/mol. The Hall–Kier alpha value is -2.04. The Morgan fingerprint density at radius 1 is 1.22 bits per heavy atom. The van der Waals surface area contributed by atoms with E-state index in [1.165, 1.54) is 11.3 Å². The minimum atomic E-state index is -0.148. The maximum atomic E-state index is 12.4. The SMILES string of the molecule is COc1ccc(CNC(=O)c2sc3cc(C)ccc3c2Cl)cc1. The van der Waals surface area contributed by atoms with Gasteiger partial charge in [-0.15, -0.1) is 11.3 Å². The predicted octanol–water partition coefficient (Wildman–Crippen LogP) is 4.80. The second-order valence-electron chi connectivity index (χ2n) is 5.28. The summed E-state index contributed by atoms with van der Waals surface area (Å²) >= 11 is 7.78. The van der Waals surface area contributed by atoms with Crippen LogP contribution in [0.4, 0.5) is 0 Å². The van der Waals surface area contributed by atoms with Gasteiger partial charge in [-0.25, -0.2) is 0 Å². The molecular formula is C18H16ClNO2S. The van der Waals surface area contributed by atoms with E-state index in [1.54, 1.807) is 7.11 Å². The van der Waals surface area contributed by atoms with Crippen molar-refractivity contribution in [2.75, 3.05) is 7.11 Å². The molecule has 0 fully saturated rings. The lowest BCUT2D eigenvalue weighted by Gasteiger charge is -2.05. The summed E-state index contributed by atoms with van der Waals surface area (Å²) in [6.07, 6.45) is 0. The number of thiophene rings is 1. The first-order valence-electron chi connectivity index (χ1n) is 7.18. The standard InChI is InChI=1S/C18H16ClNO2S/c1-11-3-8-14-15(9-11)23-17(16(14)19)18(21)20-10-12-4-6-13(22-2)7-5-12/h3-9H,10H2,1-2H3,(H,20,21). The fourth-order valence-electron chi connectivity index (χ4n) is 2.32. The number of fused-ring (bicyclic) bond motifs is 1. The molecule has 0 atom stereocenters. The smallest absolute Gasteiger partial charge is 0.263 e. The van der Waals surface area contributed by atoms with Crippen LogP contribution in [0, 0.1) is 6.92 Å². The summed E-state index contributed by atoms with van der Waals surface area (Å²) < 4.78 is 6.15. The molecule has 0 aliphatic rings. The van der Waals surface area contributed by atoms with E-state index in [9.17, 15) is 4.79 Å². The van der Waals surface area contributed by atoms with Crippen molar-refractivity contribution in [2.24, 2.45) is 0 Å². The summed E-state index contributed by atoms with van der Waals surface area (Å²) in [6.45, 7) is 2.48. The van der Waals surface area contributed by atoms with E-state index >= 15 is 0 Å². The van der Waals surface area contributed by atoms with Gasteiger partial charge in [0.05, 0.1) is 12.1 Å². The molecule has 3 aromatic rings. The molecule has 1 aromatic heterocycles. The summed E-state index contributed by atoms with van der Waals surface area (Å²) in [4.78, 5) is 13.0. The van der Waals surface area contributed by atoms with Crippen molar-refractivity contribution in [1.82, 2.24) is 5.32 Å². The number of carbonyl (C=O) groups excluding carboxylic acids is 1. The topological polar surface area (TPSA) is 38.3 Å². The van der Waals surface area contributed by atoms with Crippen LogP contribution in [-0.4, -0.2) is 13.0 Å². The number of hydrogen-bond acceptors (Lipinski definition) is 3. The average Bonchev–Trinajstić information content (AvgIpc) is 2.89. The van der Waals surface area contributed by atoms with Gasteiger partial charge in [0.25, 0.3) is 5.91 Å². The van der Waals surface area contributed by atoms with Crippen molar-refractivity contribution in [3.8, 4) is 5.75 Å². The maximum absolute atomic E-state index is 12.4. The molecule has 1 heterocycles. The second-order valence-corrected chi connectivity index (χ2v) is 6.71. The highest BCUT2D eigenvalue weighted by molar-refractivity contribution is 7.21. The lowest BCUT2D eigenvalue weighted by Crippen LogP contribution is -2.22. The van der Waals surface area contributed by atoms with E-state index in [0.29, 0.717) is 16.4 Å². The van der Waals surface area contributed by atoms with Crippen molar-refractivity contribution in [2.45, 2.75) is 13.5 Å². The zero-order chi connectivity index (χ0) is 16.4. The van der Waals surface area contributed by atoms with Crippen molar-refractivity contribution < 1.29 is 9.53 Å². The first-order chi connectivity index (χ1) is 11.1. The first-order valence-corrected chi connectivity index (χ1v) is 8.37. The van der Waals surface area contributed by atoms with Crippen LogP contribution in [0.15, 0.2) is 42.5 Å². The number of rotatable bonds is 4. The Labute approximate surface area is 143 Å². The summed E-state index contributed by atoms with van der Waals surface area (Å²) in [5.74, 6) is 0.646. The summed E-state index contributed by atoms with van der Waals surface area (Å²) in [7, 11) is 1.63. The van der Waals surface area contributed by atoms with Crippen LogP contribution in [0.2, 0.25) is 5.02 Å².